The summed E-state index contributed by atoms with van der Waals surface area (Å²) in [6.07, 6.45) is 0.555. The molecule has 1 N–H and O–H groups in total. The van der Waals surface area contributed by atoms with Crippen LogP contribution in [-0.4, -0.2) is 11.1 Å². The van der Waals surface area contributed by atoms with Crippen LogP contribution in [0.15, 0.2) is 12.1 Å². The van der Waals surface area contributed by atoms with Crippen molar-refractivity contribution in [2.24, 2.45) is 0 Å². The van der Waals surface area contributed by atoms with E-state index in [9.17, 15) is 4.79 Å². The Bertz CT molecular complexity index is 435. The maximum absolute atomic E-state index is 10.9. The third-order valence-electron chi connectivity index (χ3n) is 2.27. The lowest BCUT2D eigenvalue weighted by Gasteiger charge is -2.10. The Labute approximate surface area is 92.9 Å². The fraction of sp³-hybridized carbons (Fsp3) is 0.273. The molecule has 0 amide bonds. The fourth-order valence-corrected chi connectivity index (χ4v) is 1.86. The number of hydrogen-bond acceptors (Lipinski definition) is 2. The van der Waals surface area contributed by atoms with Crippen LogP contribution in [0.4, 0.5) is 0 Å². The SMILES string of the molecule is CCc1c(C(=O)O)ccc(C#N)c1CCl. The molecule has 0 radical (unpaired) electrons. The van der Waals surface area contributed by atoms with Crippen LogP contribution in [0.1, 0.15) is 34.0 Å². The Morgan fingerprint density at radius 1 is 1.53 bits per heavy atom. The van der Waals surface area contributed by atoms with Crippen molar-refractivity contribution >= 4 is 17.6 Å². The highest BCUT2D eigenvalue weighted by molar-refractivity contribution is 6.17. The molecule has 0 unspecified atom stereocenters. The maximum Gasteiger partial charge on any atom is 0.335 e. The average Bonchev–Trinajstić information content (AvgIpc) is 2.26. The highest BCUT2D eigenvalue weighted by atomic mass is 35.5. The normalized spacial score (nSPS) is 9.67. The molecule has 0 heterocycles. The van der Waals surface area contributed by atoms with Gasteiger partial charge in [0.15, 0.2) is 0 Å². The quantitative estimate of drug-likeness (QED) is 0.801. The van der Waals surface area contributed by atoms with Crippen LogP contribution in [0, 0.1) is 11.3 Å². The number of nitriles is 1. The van der Waals surface area contributed by atoms with Gasteiger partial charge in [-0.05, 0) is 29.7 Å². The lowest BCUT2D eigenvalue weighted by Crippen LogP contribution is -2.06. The topological polar surface area (TPSA) is 61.1 Å². The summed E-state index contributed by atoms with van der Waals surface area (Å²) < 4.78 is 0. The first-order valence-corrected chi connectivity index (χ1v) is 5.03. The van der Waals surface area contributed by atoms with E-state index in [1.54, 1.807) is 0 Å². The van der Waals surface area contributed by atoms with Crippen molar-refractivity contribution in [2.45, 2.75) is 19.2 Å². The van der Waals surface area contributed by atoms with Crippen molar-refractivity contribution in [3.8, 4) is 6.07 Å². The molecule has 0 saturated heterocycles. The summed E-state index contributed by atoms with van der Waals surface area (Å²) in [5, 5.41) is 17.8. The minimum absolute atomic E-state index is 0.160. The second kappa shape index (κ2) is 4.81. The lowest BCUT2D eigenvalue weighted by atomic mass is 9.95. The molecule has 0 saturated carbocycles. The van der Waals surface area contributed by atoms with Crippen molar-refractivity contribution in [2.75, 3.05) is 0 Å². The van der Waals surface area contributed by atoms with E-state index in [1.165, 1.54) is 12.1 Å². The van der Waals surface area contributed by atoms with Crippen LogP contribution in [-0.2, 0) is 12.3 Å². The van der Waals surface area contributed by atoms with Gasteiger partial charge in [-0.25, -0.2) is 4.79 Å². The molecule has 1 aromatic rings. The number of carboxylic acids is 1. The summed E-state index contributed by atoms with van der Waals surface area (Å²) in [5.41, 5.74) is 1.96. The molecule has 1 rings (SSSR count). The first-order valence-electron chi connectivity index (χ1n) is 4.49. The fourth-order valence-electron chi connectivity index (χ4n) is 1.55. The summed E-state index contributed by atoms with van der Waals surface area (Å²) in [5.74, 6) is -0.824. The monoisotopic (exact) mass is 223 g/mol. The zero-order valence-electron chi connectivity index (χ0n) is 8.25. The van der Waals surface area contributed by atoms with E-state index in [4.69, 9.17) is 22.0 Å². The Hall–Kier alpha value is -1.53. The van der Waals surface area contributed by atoms with Crippen molar-refractivity contribution in [3.05, 3.63) is 34.4 Å². The molecule has 4 heteroatoms. The van der Waals surface area contributed by atoms with Crippen LogP contribution in [0.2, 0.25) is 0 Å². The lowest BCUT2D eigenvalue weighted by molar-refractivity contribution is 0.0695. The Morgan fingerprint density at radius 3 is 2.60 bits per heavy atom. The molecule has 0 bridgehead atoms. The number of alkyl halides is 1. The Balaban J connectivity index is 3.49. The summed E-state index contributed by atoms with van der Waals surface area (Å²) >= 11 is 5.73. The number of aromatic carboxylic acids is 1. The first-order chi connectivity index (χ1) is 7.15. The highest BCUT2D eigenvalue weighted by Crippen LogP contribution is 2.21. The predicted octanol–water partition coefficient (Wildman–Crippen LogP) is 2.56. The number of halogens is 1. The van der Waals surface area contributed by atoms with E-state index in [-0.39, 0.29) is 11.4 Å². The number of rotatable bonds is 3. The molecule has 15 heavy (non-hydrogen) atoms. The van der Waals surface area contributed by atoms with Gasteiger partial charge in [-0.15, -0.1) is 11.6 Å². The third-order valence-corrected chi connectivity index (χ3v) is 2.54. The summed E-state index contributed by atoms with van der Waals surface area (Å²) in [6.45, 7) is 1.85. The second-order valence-corrected chi connectivity index (χ2v) is 3.29. The maximum atomic E-state index is 10.9. The van der Waals surface area contributed by atoms with E-state index in [0.29, 0.717) is 23.1 Å². The molecule has 1 aromatic carbocycles. The molecule has 0 spiro atoms. The number of nitrogens with zero attached hydrogens (tertiary/aromatic N) is 1. The molecule has 0 aromatic heterocycles. The number of carboxylic acid groups (broad SMARTS) is 1. The van der Waals surface area contributed by atoms with Gasteiger partial charge in [0, 0.05) is 5.88 Å². The van der Waals surface area contributed by atoms with Gasteiger partial charge in [-0.1, -0.05) is 6.92 Å². The standard InChI is InChI=1S/C11H10ClNO2/c1-2-8-9(11(14)15)4-3-7(6-13)10(8)5-12/h3-4H,2,5H2,1H3,(H,14,15). The van der Waals surface area contributed by atoms with E-state index < -0.39 is 5.97 Å². The van der Waals surface area contributed by atoms with Gasteiger partial charge in [-0.2, -0.15) is 5.26 Å². The summed E-state index contributed by atoms with van der Waals surface area (Å²) in [4.78, 5) is 10.9. The van der Waals surface area contributed by atoms with Gasteiger partial charge >= 0.3 is 5.97 Å². The second-order valence-electron chi connectivity index (χ2n) is 3.02. The predicted molar refractivity (Wildman–Crippen MR) is 57.1 cm³/mol. The van der Waals surface area contributed by atoms with Crippen LogP contribution in [0.25, 0.3) is 0 Å². The third kappa shape index (κ3) is 2.11. The minimum atomic E-state index is -0.984. The molecule has 3 nitrogen and oxygen atoms in total. The zero-order chi connectivity index (χ0) is 11.4. The van der Waals surface area contributed by atoms with Gasteiger partial charge in [0.05, 0.1) is 17.2 Å². The van der Waals surface area contributed by atoms with Gasteiger partial charge in [0.2, 0.25) is 0 Å². The molecular weight excluding hydrogens is 214 g/mol. The highest BCUT2D eigenvalue weighted by Gasteiger charge is 2.15. The average molecular weight is 224 g/mol. The van der Waals surface area contributed by atoms with E-state index in [1.807, 2.05) is 13.0 Å². The number of hydrogen-bond donors (Lipinski definition) is 1. The number of benzene rings is 1. The summed E-state index contributed by atoms with van der Waals surface area (Å²) in [7, 11) is 0. The van der Waals surface area contributed by atoms with Crippen molar-refractivity contribution in [1.82, 2.24) is 0 Å². The molecule has 0 aliphatic carbocycles. The minimum Gasteiger partial charge on any atom is -0.478 e. The Kier molecular flexibility index (Phi) is 3.70. The summed E-state index contributed by atoms with van der Waals surface area (Å²) in [6, 6.07) is 4.96. The van der Waals surface area contributed by atoms with Crippen LogP contribution in [0.3, 0.4) is 0 Å². The van der Waals surface area contributed by atoms with Crippen molar-refractivity contribution < 1.29 is 9.90 Å². The van der Waals surface area contributed by atoms with Crippen LogP contribution < -0.4 is 0 Å². The molecular formula is C11H10ClNO2. The number of carbonyl (C=O) groups is 1. The van der Waals surface area contributed by atoms with Crippen molar-refractivity contribution in [1.29, 1.82) is 5.26 Å². The van der Waals surface area contributed by atoms with Gasteiger partial charge < -0.3 is 5.11 Å². The Morgan fingerprint density at radius 2 is 2.20 bits per heavy atom. The van der Waals surface area contributed by atoms with Crippen LogP contribution >= 0.6 is 11.6 Å². The zero-order valence-corrected chi connectivity index (χ0v) is 9.01. The van der Waals surface area contributed by atoms with E-state index >= 15 is 0 Å². The molecule has 0 fully saturated rings. The van der Waals surface area contributed by atoms with Gasteiger partial charge in [0.25, 0.3) is 0 Å². The molecule has 78 valence electrons. The molecule has 0 aliphatic heterocycles. The first kappa shape index (κ1) is 11.5. The van der Waals surface area contributed by atoms with Gasteiger partial charge in [0.1, 0.15) is 0 Å². The van der Waals surface area contributed by atoms with Crippen LogP contribution in [0.5, 0.6) is 0 Å². The van der Waals surface area contributed by atoms with E-state index in [2.05, 4.69) is 0 Å². The van der Waals surface area contributed by atoms with Gasteiger partial charge in [-0.3, -0.25) is 0 Å². The van der Waals surface area contributed by atoms with E-state index in [0.717, 1.165) is 0 Å². The molecule has 0 atom stereocenters. The molecule has 0 aliphatic rings. The van der Waals surface area contributed by atoms with Crippen molar-refractivity contribution in [3.63, 3.8) is 0 Å². The largest absolute Gasteiger partial charge is 0.478 e. The smallest absolute Gasteiger partial charge is 0.335 e.